The van der Waals surface area contributed by atoms with Gasteiger partial charge in [0.05, 0.1) is 13.1 Å². The van der Waals surface area contributed by atoms with Gasteiger partial charge >= 0.3 is 0 Å². The van der Waals surface area contributed by atoms with Crippen LogP contribution in [0.5, 0.6) is 5.75 Å². The standard InChI is InChI=1S/C24H20N2O5/c1-31-20-12-10-17(11-13-20)22(27)26-21(14-16-6-3-2-4-7-16)23(28)25-19-9-5-8-18(15-19)24(29)30/h2-15H,1H3,(H,25,28)(H,26,27)(H,29,30)/p-1/b21-14+. The first kappa shape index (κ1) is 21.3. The Kier molecular flexibility index (Phi) is 6.80. The number of carbonyl (C=O) groups excluding carboxylic acids is 3. The maximum absolute atomic E-state index is 12.9. The highest BCUT2D eigenvalue weighted by molar-refractivity contribution is 6.10. The SMILES string of the molecule is COc1ccc(C(=O)N/C(=C/c2ccccc2)C(=O)Nc2cccc(C(=O)[O-])c2)cc1. The lowest BCUT2D eigenvalue weighted by Crippen LogP contribution is -2.31. The first-order valence-corrected chi connectivity index (χ1v) is 9.31. The highest BCUT2D eigenvalue weighted by Crippen LogP contribution is 2.15. The Labute approximate surface area is 179 Å². The van der Waals surface area contributed by atoms with Crippen LogP contribution >= 0.6 is 0 Å². The van der Waals surface area contributed by atoms with Gasteiger partial charge in [-0.3, -0.25) is 9.59 Å². The van der Waals surface area contributed by atoms with Crippen molar-refractivity contribution in [2.45, 2.75) is 0 Å². The summed E-state index contributed by atoms with van der Waals surface area (Å²) in [6, 6.07) is 21.1. The first-order chi connectivity index (χ1) is 15.0. The number of rotatable bonds is 7. The van der Waals surface area contributed by atoms with E-state index in [-0.39, 0.29) is 16.9 Å². The van der Waals surface area contributed by atoms with Crippen molar-refractivity contribution in [3.8, 4) is 5.75 Å². The van der Waals surface area contributed by atoms with Crippen LogP contribution in [0.25, 0.3) is 6.08 Å². The molecule has 0 aromatic heterocycles. The van der Waals surface area contributed by atoms with E-state index in [0.29, 0.717) is 16.9 Å². The topological polar surface area (TPSA) is 108 Å². The van der Waals surface area contributed by atoms with Gasteiger partial charge in [-0.25, -0.2) is 0 Å². The van der Waals surface area contributed by atoms with Gasteiger partial charge in [0.1, 0.15) is 11.4 Å². The predicted octanol–water partition coefficient (Wildman–Crippen LogP) is 2.47. The quantitative estimate of drug-likeness (QED) is 0.577. The number of ether oxygens (including phenoxy) is 1. The fourth-order valence-corrected chi connectivity index (χ4v) is 2.73. The lowest BCUT2D eigenvalue weighted by Gasteiger charge is -2.12. The number of nitrogens with one attached hydrogen (secondary N) is 2. The summed E-state index contributed by atoms with van der Waals surface area (Å²) in [5.74, 6) is -1.85. The number of hydrogen-bond acceptors (Lipinski definition) is 5. The molecule has 0 aliphatic rings. The summed E-state index contributed by atoms with van der Waals surface area (Å²) in [6.45, 7) is 0. The summed E-state index contributed by atoms with van der Waals surface area (Å²) in [5.41, 5.74) is 1.21. The van der Waals surface area contributed by atoms with E-state index in [2.05, 4.69) is 10.6 Å². The van der Waals surface area contributed by atoms with Crippen LogP contribution in [-0.2, 0) is 4.79 Å². The highest BCUT2D eigenvalue weighted by atomic mass is 16.5. The van der Waals surface area contributed by atoms with Crippen molar-refractivity contribution in [3.63, 3.8) is 0 Å². The molecule has 7 heteroatoms. The molecule has 2 amide bonds. The number of carboxylic acids is 1. The van der Waals surface area contributed by atoms with Crippen molar-refractivity contribution in [3.05, 3.63) is 101 Å². The third kappa shape index (κ3) is 5.80. The number of carboxylic acid groups (broad SMARTS) is 1. The molecule has 7 nitrogen and oxygen atoms in total. The van der Waals surface area contributed by atoms with Gasteiger partial charge in [-0.15, -0.1) is 0 Å². The summed E-state index contributed by atoms with van der Waals surface area (Å²) in [7, 11) is 1.52. The van der Waals surface area contributed by atoms with E-state index in [1.807, 2.05) is 6.07 Å². The van der Waals surface area contributed by atoms with Crippen LogP contribution in [0.4, 0.5) is 5.69 Å². The van der Waals surface area contributed by atoms with Crippen LogP contribution in [-0.4, -0.2) is 24.9 Å². The zero-order chi connectivity index (χ0) is 22.2. The minimum atomic E-state index is -1.36. The Hall–Kier alpha value is -4.39. The molecule has 0 unspecified atom stereocenters. The van der Waals surface area contributed by atoms with Gasteiger partial charge in [0, 0.05) is 11.3 Å². The summed E-state index contributed by atoms with van der Waals surface area (Å²) in [5, 5.41) is 16.3. The smallest absolute Gasteiger partial charge is 0.272 e. The largest absolute Gasteiger partial charge is 0.545 e. The van der Waals surface area contributed by atoms with Gasteiger partial charge in [0.15, 0.2) is 0 Å². The number of methoxy groups -OCH3 is 1. The molecule has 0 radical (unpaired) electrons. The molecule has 156 valence electrons. The van der Waals surface area contributed by atoms with Crippen molar-refractivity contribution in [2.24, 2.45) is 0 Å². The van der Waals surface area contributed by atoms with Crippen molar-refractivity contribution < 1.29 is 24.2 Å². The lowest BCUT2D eigenvalue weighted by molar-refractivity contribution is -0.255. The van der Waals surface area contributed by atoms with Crippen LogP contribution in [0.15, 0.2) is 84.6 Å². The van der Waals surface area contributed by atoms with E-state index >= 15 is 0 Å². The number of benzene rings is 3. The molecule has 0 bridgehead atoms. The zero-order valence-electron chi connectivity index (χ0n) is 16.6. The fraction of sp³-hybridized carbons (Fsp3) is 0.0417. The van der Waals surface area contributed by atoms with E-state index in [9.17, 15) is 19.5 Å². The number of aromatic carboxylic acids is 1. The molecule has 0 aliphatic carbocycles. The molecular formula is C24H19N2O5-. The van der Waals surface area contributed by atoms with Crippen LogP contribution in [0, 0.1) is 0 Å². The number of anilines is 1. The molecule has 2 N–H and O–H groups in total. The minimum Gasteiger partial charge on any atom is -0.545 e. The summed E-state index contributed by atoms with van der Waals surface area (Å²) >= 11 is 0. The van der Waals surface area contributed by atoms with E-state index in [1.54, 1.807) is 48.5 Å². The molecule has 3 aromatic carbocycles. The van der Waals surface area contributed by atoms with E-state index in [0.717, 1.165) is 0 Å². The van der Waals surface area contributed by atoms with E-state index in [4.69, 9.17) is 4.74 Å². The van der Waals surface area contributed by atoms with Gasteiger partial charge in [-0.1, -0.05) is 42.5 Å². The molecule has 0 spiro atoms. The molecule has 0 heterocycles. The Morgan fingerprint density at radius 3 is 2.23 bits per heavy atom. The molecule has 0 saturated heterocycles. The van der Waals surface area contributed by atoms with Crippen molar-refractivity contribution in [1.82, 2.24) is 5.32 Å². The molecule has 0 saturated carbocycles. The summed E-state index contributed by atoms with van der Waals surface area (Å²) in [6.07, 6.45) is 1.53. The van der Waals surface area contributed by atoms with Crippen LogP contribution in [0.2, 0.25) is 0 Å². The normalized spacial score (nSPS) is 10.8. The Balaban J connectivity index is 1.86. The minimum absolute atomic E-state index is 0.00845. The molecule has 0 fully saturated rings. The average Bonchev–Trinajstić information content (AvgIpc) is 2.79. The Morgan fingerprint density at radius 2 is 1.58 bits per heavy atom. The molecule has 31 heavy (non-hydrogen) atoms. The van der Waals surface area contributed by atoms with E-state index < -0.39 is 17.8 Å². The molecule has 0 atom stereocenters. The number of carbonyl (C=O) groups is 3. The van der Waals surface area contributed by atoms with Crippen molar-refractivity contribution in [2.75, 3.05) is 12.4 Å². The predicted molar refractivity (Wildman–Crippen MR) is 114 cm³/mol. The van der Waals surface area contributed by atoms with Gasteiger partial charge in [-0.05, 0) is 53.6 Å². The number of amides is 2. The summed E-state index contributed by atoms with van der Waals surface area (Å²) in [4.78, 5) is 36.6. The molecule has 3 rings (SSSR count). The second-order valence-corrected chi connectivity index (χ2v) is 6.47. The second-order valence-electron chi connectivity index (χ2n) is 6.47. The lowest BCUT2D eigenvalue weighted by atomic mass is 10.1. The Bertz CT molecular complexity index is 1120. The van der Waals surface area contributed by atoms with Gasteiger partial charge < -0.3 is 25.3 Å². The van der Waals surface area contributed by atoms with Crippen molar-refractivity contribution in [1.29, 1.82) is 0 Å². The van der Waals surface area contributed by atoms with Crippen molar-refractivity contribution >= 4 is 29.5 Å². The third-order valence-electron chi connectivity index (χ3n) is 4.31. The number of hydrogen-bond donors (Lipinski definition) is 2. The van der Waals surface area contributed by atoms with Crippen LogP contribution in [0.3, 0.4) is 0 Å². The van der Waals surface area contributed by atoms with Crippen LogP contribution < -0.4 is 20.5 Å². The van der Waals surface area contributed by atoms with Gasteiger partial charge in [0.25, 0.3) is 11.8 Å². The highest BCUT2D eigenvalue weighted by Gasteiger charge is 2.15. The first-order valence-electron chi connectivity index (χ1n) is 9.31. The third-order valence-corrected chi connectivity index (χ3v) is 4.31. The molecular weight excluding hydrogens is 396 g/mol. The monoisotopic (exact) mass is 415 g/mol. The van der Waals surface area contributed by atoms with Gasteiger partial charge in [0.2, 0.25) is 0 Å². The fourth-order valence-electron chi connectivity index (χ4n) is 2.73. The molecule has 0 aliphatic heterocycles. The summed E-state index contributed by atoms with van der Waals surface area (Å²) < 4.78 is 5.09. The van der Waals surface area contributed by atoms with E-state index in [1.165, 1.54) is 37.5 Å². The molecule has 3 aromatic rings. The second kappa shape index (κ2) is 9.89. The maximum Gasteiger partial charge on any atom is 0.272 e. The van der Waals surface area contributed by atoms with Gasteiger partial charge in [-0.2, -0.15) is 0 Å². The Morgan fingerprint density at radius 1 is 0.871 bits per heavy atom. The van der Waals surface area contributed by atoms with Crippen LogP contribution in [0.1, 0.15) is 26.3 Å². The zero-order valence-corrected chi connectivity index (χ0v) is 16.6. The maximum atomic E-state index is 12.9. The average molecular weight is 415 g/mol.